The van der Waals surface area contributed by atoms with Gasteiger partial charge in [0, 0.05) is 58.0 Å². The summed E-state index contributed by atoms with van der Waals surface area (Å²) in [6, 6.07) is 14.6. The average molecular weight is 461 g/mol. The maximum absolute atomic E-state index is 13.1. The van der Waals surface area contributed by atoms with Gasteiger partial charge in [-0.2, -0.15) is 13.2 Å². The van der Waals surface area contributed by atoms with Crippen molar-refractivity contribution in [2.24, 2.45) is 11.8 Å². The van der Waals surface area contributed by atoms with Crippen LogP contribution in [0.5, 0.6) is 0 Å². The topological polar surface area (TPSA) is 40.6 Å². The first-order chi connectivity index (χ1) is 15.9. The molecular weight excluding hydrogens is 429 g/mol. The van der Waals surface area contributed by atoms with Crippen LogP contribution in [0.4, 0.5) is 19.0 Å². The van der Waals surface area contributed by atoms with Gasteiger partial charge >= 0.3 is 6.18 Å². The van der Waals surface area contributed by atoms with Crippen LogP contribution in [-0.2, 0) is 17.5 Å². The Hall–Kier alpha value is -2.16. The summed E-state index contributed by atoms with van der Waals surface area (Å²) in [5.74, 6) is 1.56. The van der Waals surface area contributed by atoms with E-state index >= 15 is 0 Å². The molecule has 3 fully saturated rings. The lowest BCUT2D eigenvalue weighted by Gasteiger charge is -2.45. The van der Waals surface area contributed by atoms with Crippen LogP contribution in [0, 0.1) is 11.8 Å². The molecule has 33 heavy (non-hydrogen) atoms. The van der Waals surface area contributed by atoms with E-state index in [2.05, 4.69) is 50.4 Å². The number of nitrogens with zero attached hydrogens (tertiary/aromatic N) is 3. The maximum Gasteiger partial charge on any atom is 0.433 e. The van der Waals surface area contributed by atoms with Gasteiger partial charge in [-0.15, -0.1) is 0 Å². The second kappa shape index (κ2) is 9.24. The molecule has 5 rings (SSSR count). The molecular formula is C25H31F3N4O. The summed E-state index contributed by atoms with van der Waals surface area (Å²) in [5, 5.41) is 3.23. The van der Waals surface area contributed by atoms with Crippen molar-refractivity contribution in [3.8, 4) is 0 Å². The van der Waals surface area contributed by atoms with E-state index < -0.39 is 11.9 Å². The average Bonchev–Trinajstić information content (AvgIpc) is 3.38. The number of likely N-dealkylation sites (tertiary alicyclic amines) is 2. The molecule has 0 amide bonds. The first-order valence-electron chi connectivity index (χ1n) is 11.8. The first-order valence-corrected chi connectivity index (χ1v) is 11.8. The number of pyridine rings is 1. The molecule has 3 aliphatic rings. The molecule has 3 aliphatic heterocycles. The van der Waals surface area contributed by atoms with Crippen LogP contribution in [0.15, 0.2) is 48.5 Å². The number of ether oxygens (including phenoxy) is 1. The highest BCUT2D eigenvalue weighted by Crippen LogP contribution is 2.39. The molecule has 1 aromatic carbocycles. The predicted octanol–water partition coefficient (Wildman–Crippen LogP) is 4.13. The number of fused-ring (bicyclic) bond motifs is 1. The molecule has 8 heteroatoms. The number of rotatable bonds is 6. The maximum atomic E-state index is 13.1. The Kier molecular flexibility index (Phi) is 6.33. The Balaban J connectivity index is 1.23. The highest BCUT2D eigenvalue weighted by atomic mass is 19.4. The van der Waals surface area contributed by atoms with Gasteiger partial charge in [0.05, 0.1) is 0 Å². The van der Waals surface area contributed by atoms with E-state index in [1.165, 1.54) is 11.6 Å². The van der Waals surface area contributed by atoms with Crippen LogP contribution < -0.4 is 5.32 Å². The first kappa shape index (κ1) is 22.6. The molecule has 0 aliphatic carbocycles. The number of anilines is 1. The number of benzene rings is 1. The van der Waals surface area contributed by atoms with Crippen molar-refractivity contribution >= 4 is 5.82 Å². The zero-order valence-electron chi connectivity index (χ0n) is 18.7. The van der Waals surface area contributed by atoms with Crippen LogP contribution in [0.3, 0.4) is 0 Å². The summed E-state index contributed by atoms with van der Waals surface area (Å²) < 4.78 is 44.8. The quantitative estimate of drug-likeness (QED) is 0.702. The van der Waals surface area contributed by atoms with Crippen molar-refractivity contribution < 1.29 is 17.9 Å². The van der Waals surface area contributed by atoms with Gasteiger partial charge in [-0.3, -0.25) is 9.80 Å². The molecule has 2 aromatic rings. The molecule has 5 nitrogen and oxygen atoms in total. The number of hydrogen-bond acceptors (Lipinski definition) is 5. The van der Waals surface area contributed by atoms with Crippen molar-refractivity contribution in [3.05, 3.63) is 59.8 Å². The Morgan fingerprint density at radius 1 is 0.939 bits per heavy atom. The van der Waals surface area contributed by atoms with Crippen LogP contribution in [0.25, 0.3) is 0 Å². The third-order valence-corrected chi connectivity index (χ3v) is 7.54. The number of nitrogens with one attached hydrogen (secondary N) is 1. The minimum absolute atomic E-state index is 0.108. The Morgan fingerprint density at radius 3 is 2.30 bits per heavy atom. The molecule has 1 aromatic heterocycles. The van der Waals surface area contributed by atoms with Gasteiger partial charge in [0.15, 0.2) is 0 Å². The predicted molar refractivity (Wildman–Crippen MR) is 121 cm³/mol. The van der Waals surface area contributed by atoms with Gasteiger partial charge < -0.3 is 10.1 Å². The molecule has 0 spiro atoms. The van der Waals surface area contributed by atoms with Crippen molar-refractivity contribution in [1.29, 1.82) is 0 Å². The zero-order chi connectivity index (χ0) is 22.9. The van der Waals surface area contributed by atoms with Crippen LogP contribution in [0.2, 0.25) is 0 Å². The lowest BCUT2D eigenvalue weighted by Crippen LogP contribution is -2.56. The van der Waals surface area contributed by atoms with E-state index in [0.29, 0.717) is 31.6 Å². The fraction of sp³-hybridized carbons (Fsp3) is 0.560. The van der Waals surface area contributed by atoms with Crippen LogP contribution >= 0.6 is 0 Å². The van der Waals surface area contributed by atoms with Crippen LogP contribution in [0.1, 0.15) is 24.1 Å². The summed E-state index contributed by atoms with van der Waals surface area (Å²) >= 11 is 0. The molecule has 0 radical (unpaired) electrons. The van der Waals surface area contributed by atoms with E-state index in [1.54, 1.807) is 6.07 Å². The second-order valence-corrected chi connectivity index (χ2v) is 9.70. The number of aromatic nitrogens is 1. The van der Waals surface area contributed by atoms with Gasteiger partial charge in [0.25, 0.3) is 0 Å². The van der Waals surface area contributed by atoms with Gasteiger partial charge in [-0.05, 0) is 42.4 Å². The molecule has 4 heterocycles. The Labute approximate surface area is 192 Å². The normalized spacial score (nSPS) is 25.8. The van der Waals surface area contributed by atoms with Crippen LogP contribution in [-0.4, -0.2) is 66.3 Å². The SMILES string of the molecule is FC(F)(F)c1cccc(NCC2(N3CC4CN(Cc5ccccc5)CC4C3)CCOCC2)n1. The Morgan fingerprint density at radius 2 is 1.64 bits per heavy atom. The summed E-state index contributed by atoms with van der Waals surface area (Å²) in [5.41, 5.74) is 0.388. The summed E-state index contributed by atoms with van der Waals surface area (Å²) in [4.78, 5) is 8.95. The number of halogens is 3. The lowest BCUT2D eigenvalue weighted by atomic mass is 9.87. The summed E-state index contributed by atoms with van der Waals surface area (Å²) in [6.07, 6.45) is -2.68. The highest BCUT2D eigenvalue weighted by Gasteiger charge is 2.48. The standard InChI is InChI=1S/C25H31F3N4O/c26-25(27,28)22-7-4-8-23(30-22)29-18-24(9-11-33-12-10-24)32-16-20-14-31(15-21(20)17-32)13-19-5-2-1-3-6-19/h1-8,20-21H,9-18H2,(H,29,30). The van der Waals surface area contributed by atoms with Crippen molar-refractivity contribution in [2.75, 3.05) is 51.3 Å². The summed E-state index contributed by atoms with van der Waals surface area (Å²) in [6.45, 7) is 7.22. The van der Waals surface area contributed by atoms with Gasteiger partial charge in [0.1, 0.15) is 11.5 Å². The minimum atomic E-state index is -4.44. The molecule has 2 unspecified atom stereocenters. The van der Waals surface area contributed by atoms with Crippen molar-refractivity contribution in [2.45, 2.75) is 31.1 Å². The van der Waals surface area contributed by atoms with Crippen molar-refractivity contribution in [3.63, 3.8) is 0 Å². The lowest BCUT2D eigenvalue weighted by molar-refractivity contribution is -0.141. The molecule has 0 saturated carbocycles. The van der Waals surface area contributed by atoms with E-state index in [1.807, 2.05) is 0 Å². The van der Waals surface area contributed by atoms with Gasteiger partial charge in [-0.25, -0.2) is 4.98 Å². The van der Waals surface area contributed by atoms with Crippen molar-refractivity contribution in [1.82, 2.24) is 14.8 Å². The fourth-order valence-electron chi connectivity index (χ4n) is 5.75. The van der Waals surface area contributed by atoms with E-state index in [-0.39, 0.29) is 11.4 Å². The third kappa shape index (κ3) is 5.03. The van der Waals surface area contributed by atoms with E-state index in [0.717, 1.165) is 51.6 Å². The highest BCUT2D eigenvalue weighted by molar-refractivity contribution is 5.37. The van der Waals surface area contributed by atoms with E-state index in [9.17, 15) is 13.2 Å². The second-order valence-electron chi connectivity index (χ2n) is 9.70. The van der Waals surface area contributed by atoms with E-state index in [4.69, 9.17) is 4.74 Å². The molecule has 1 N–H and O–H groups in total. The van der Waals surface area contributed by atoms with Gasteiger partial charge in [-0.1, -0.05) is 36.4 Å². The Bertz CT molecular complexity index is 919. The smallest absolute Gasteiger partial charge is 0.381 e. The molecule has 3 saturated heterocycles. The summed E-state index contributed by atoms with van der Waals surface area (Å²) in [7, 11) is 0. The largest absolute Gasteiger partial charge is 0.433 e. The third-order valence-electron chi connectivity index (χ3n) is 7.54. The number of hydrogen-bond donors (Lipinski definition) is 1. The minimum Gasteiger partial charge on any atom is -0.381 e. The monoisotopic (exact) mass is 460 g/mol. The van der Waals surface area contributed by atoms with Gasteiger partial charge in [0.2, 0.25) is 0 Å². The molecule has 2 atom stereocenters. The molecule has 0 bridgehead atoms. The number of alkyl halides is 3. The molecule has 178 valence electrons. The zero-order valence-corrected chi connectivity index (χ0v) is 18.7. The fourth-order valence-corrected chi connectivity index (χ4v) is 5.75.